The molecule has 1 aromatic carbocycles. The van der Waals surface area contributed by atoms with Gasteiger partial charge in [-0.3, -0.25) is 0 Å². The minimum absolute atomic E-state index is 0.234. The Morgan fingerprint density at radius 3 is 3.05 bits per heavy atom. The van der Waals surface area contributed by atoms with Crippen LogP contribution in [0.3, 0.4) is 0 Å². The molecule has 0 radical (unpaired) electrons. The van der Waals surface area contributed by atoms with Crippen LogP contribution >= 0.6 is 11.6 Å². The number of nitrogens with zero attached hydrogens (tertiary/aromatic N) is 2. The van der Waals surface area contributed by atoms with Crippen molar-refractivity contribution in [3.63, 3.8) is 0 Å². The van der Waals surface area contributed by atoms with E-state index < -0.39 is 0 Å². The molecule has 5 heteroatoms. The molecule has 1 atom stereocenters. The smallest absolute Gasteiger partial charge is 0.158 e. The van der Waals surface area contributed by atoms with Gasteiger partial charge >= 0.3 is 0 Å². The molecule has 0 amide bonds. The van der Waals surface area contributed by atoms with Crippen molar-refractivity contribution in [3.8, 4) is 11.4 Å². The zero-order valence-corrected chi connectivity index (χ0v) is 11.3. The maximum atomic E-state index is 6.15. The van der Waals surface area contributed by atoms with Crippen molar-refractivity contribution in [2.75, 3.05) is 13.1 Å². The molecule has 1 fully saturated rings. The summed E-state index contributed by atoms with van der Waals surface area (Å²) in [4.78, 5) is 0. The van der Waals surface area contributed by atoms with Gasteiger partial charge in [0.25, 0.3) is 0 Å². The average Bonchev–Trinajstić information content (AvgIpc) is 2.89. The van der Waals surface area contributed by atoms with Crippen molar-refractivity contribution >= 4 is 11.6 Å². The third-order valence-electron chi connectivity index (χ3n) is 3.21. The predicted molar refractivity (Wildman–Crippen MR) is 75.1 cm³/mol. The number of rotatable bonds is 3. The maximum absolute atomic E-state index is 6.15. The largest absolute Gasteiger partial charge is 0.486 e. The first-order valence-corrected chi connectivity index (χ1v) is 6.88. The first kappa shape index (κ1) is 12.5. The highest BCUT2D eigenvalue weighted by molar-refractivity contribution is 6.32. The van der Waals surface area contributed by atoms with Gasteiger partial charge in [0, 0.05) is 6.54 Å². The maximum Gasteiger partial charge on any atom is 0.158 e. The van der Waals surface area contributed by atoms with E-state index in [-0.39, 0.29) is 6.10 Å². The van der Waals surface area contributed by atoms with Crippen LogP contribution in [0.4, 0.5) is 0 Å². The van der Waals surface area contributed by atoms with Crippen molar-refractivity contribution in [1.29, 1.82) is 0 Å². The molecule has 2 heterocycles. The summed E-state index contributed by atoms with van der Waals surface area (Å²) in [7, 11) is 0. The van der Waals surface area contributed by atoms with E-state index in [4.69, 9.17) is 16.3 Å². The van der Waals surface area contributed by atoms with Gasteiger partial charge in [-0.25, -0.2) is 4.68 Å². The molecular weight excluding hydrogens is 262 g/mol. The summed E-state index contributed by atoms with van der Waals surface area (Å²) in [6.07, 6.45) is 6.08. The molecule has 1 unspecified atom stereocenters. The molecule has 19 heavy (non-hydrogen) atoms. The van der Waals surface area contributed by atoms with Crippen LogP contribution in [0.1, 0.15) is 12.8 Å². The van der Waals surface area contributed by atoms with Crippen LogP contribution in [0.5, 0.6) is 5.75 Å². The summed E-state index contributed by atoms with van der Waals surface area (Å²) in [5.74, 6) is 0.786. The number of aromatic nitrogens is 2. The van der Waals surface area contributed by atoms with Gasteiger partial charge in [-0.15, -0.1) is 0 Å². The fraction of sp³-hybridized carbons (Fsp3) is 0.357. The number of halogens is 1. The first-order valence-electron chi connectivity index (χ1n) is 6.50. The van der Waals surface area contributed by atoms with Gasteiger partial charge in [-0.2, -0.15) is 5.10 Å². The molecule has 100 valence electrons. The summed E-state index contributed by atoms with van der Waals surface area (Å²) in [5.41, 5.74) is 0.862. The topological polar surface area (TPSA) is 39.1 Å². The zero-order chi connectivity index (χ0) is 13.1. The fourth-order valence-corrected chi connectivity index (χ4v) is 2.47. The van der Waals surface area contributed by atoms with E-state index in [9.17, 15) is 0 Å². The molecule has 4 nitrogen and oxygen atoms in total. The standard InChI is InChI=1S/C14H16ClN3O/c15-13-5-1-2-6-14(13)18-10-12(9-17-18)19-11-4-3-7-16-8-11/h1-2,5-6,9-11,16H,3-4,7-8H2. The molecule has 0 saturated carbocycles. The van der Waals surface area contributed by atoms with Crippen molar-refractivity contribution in [1.82, 2.24) is 15.1 Å². The Balaban J connectivity index is 1.74. The summed E-state index contributed by atoms with van der Waals surface area (Å²) in [6.45, 7) is 1.98. The molecule has 1 aliphatic heterocycles. The van der Waals surface area contributed by atoms with Crippen LogP contribution in [0, 0.1) is 0 Å². The summed E-state index contributed by atoms with van der Waals surface area (Å²) in [6, 6.07) is 7.63. The number of benzene rings is 1. The molecule has 0 aliphatic carbocycles. The third-order valence-corrected chi connectivity index (χ3v) is 3.53. The number of hydrogen-bond donors (Lipinski definition) is 1. The number of hydrogen-bond acceptors (Lipinski definition) is 3. The van der Waals surface area contributed by atoms with Gasteiger partial charge in [0.2, 0.25) is 0 Å². The molecule has 1 aromatic heterocycles. The monoisotopic (exact) mass is 277 g/mol. The highest BCUT2D eigenvalue weighted by Gasteiger charge is 2.15. The normalized spacial score (nSPS) is 19.3. The van der Waals surface area contributed by atoms with Gasteiger partial charge in [0.1, 0.15) is 6.10 Å². The molecule has 0 spiro atoms. The van der Waals surface area contributed by atoms with Crippen molar-refractivity contribution in [3.05, 3.63) is 41.7 Å². The van der Waals surface area contributed by atoms with E-state index in [1.807, 2.05) is 30.5 Å². The Hall–Kier alpha value is -1.52. The van der Waals surface area contributed by atoms with E-state index in [1.165, 1.54) is 0 Å². The third kappa shape index (κ3) is 2.91. The van der Waals surface area contributed by atoms with Crippen LogP contribution in [0.25, 0.3) is 5.69 Å². The minimum atomic E-state index is 0.234. The van der Waals surface area contributed by atoms with Crippen LogP contribution in [-0.4, -0.2) is 29.0 Å². The molecule has 1 N–H and O–H groups in total. The minimum Gasteiger partial charge on any atom is -0.486 e. The predicted octanol–water partition coefficient (Wildman–Crippen LogP) is 2.66. The van der Waals surface area contributed by atoms with Crippen molar-refractivity contribution in [2.24, 2.45) is 0 Å². The van der Waals surface area contributed by atoms with E-state index in [2.05, 4.69) is 10.4 Å². The lowest BCUT2D eigenvalue weighted by molar-refractivity contribution is 0.167. The summed E-state index contributed by atoms with van der Waals surface area (Å²) in [5, 5.41) is 8.31. The van der Waals surface area contributed by atoms with E-state index >= 15 is 0 Å². The zero-order valence-electron chi connectivity index (χ0n) is 10.6. The fourth-order valence-electron chi connectivity index (χ4n) is 2.25. The van der Waals surface area contributed by atoms with Crippen LogP contribution < -0.4 is 10.1 Å². The molecule has 3 rings (SSSR count). The second-order valence-corrected chi connectivity index (χ2v) is 5.07. The van der Waals surface area contributed by atoms with Crippen LogP contribution in [-0.2, 0) is 0 Å². The first-order chi connectivity index (χ1) is 9.33. The van der Waals surface area contributed by atoms with Gasteiger partial charge in [-0.1, -0.05) is 23.7 Å². The quantitative estimate of drug-likeness (QED) is 0.937. The molecule has 2 aromatic rings. The van der Waals surface area contributed by atoms with Gasteiger partial charge in [0.05, 0.1) is 23.1 Å². The Kier molecular flexibility index (Phi) is 3.71. The Morgan fingerprint density at radius 2 is 2.26 bits per heavy atom. The molecular formula is C14H16ClN3O. The SMILES string of the molecule is Clc1ccccc1-n1cc(OC2CCCNC2)cn1. The van der Waals surface area contributed by atoms with Gasteiger partial charge in [0.15, 0.2) is 5.75 Å². The van der Waals surface area contributed by atoms with E-state index in [0.29, 0.717) is 5.02 Å². The summed E-state index contributed by atoms with van der Waals surface area (Å²) < 4.78 is 7.65. The lowest BCUT2D eigenvalue weighted by Gasteiger charge is -2.22. The second-order valence-electron chi connectivity index (χ2n) is 4.66. The molecule has 1 aliphatic rings. The lowest BCUT2D eigenvalue weighted by atomic mass is 10.1. The number of para-hydroxylation sites is 1. The summed E-state index contributed by atoms with van der Waals surface area (Å²) >= 11 is 6.15. The van der Waals surface area contributed by atoms with Gasteiger partial charge in [-0.05, 0) is 31.5 Å². The Labute approximate surface area is 117 Å². The Bertz CT molecular complexity index is 549. The molecule has 0 bridgehead atoms. The molecule has 1 saturated heterocycles. The van der Waals surface area contributed by atoms with E-state index in [0.717, 1.165) is 37.4 Å². The second kappa shape index (κ2) is 5.63. The van der Waals surface area contributed by atoms with Crippen LogP contribution in [0.15, 0.2) is 36.7 Å². The average molecular weight is 278 g/mol. The van der Waals surface area contributed by atoms with Crippen molar-refractivity contribution < 1.29 is 4.74 Å². The van der Waals surface area contributed by atoms with Gasteiger partial charge < -0.3 is 10.1 Å². The van der Waals surface area contributed by atoms with Crippen molar-refractivity contribution in [2.45, 2.75) is 18.9 Å². The number of nitrogens with one attached hydrogen (secondary N) is 1. The highest BCUT2D eigenvalue weighted by Crippen LogP contribution is 2.22. The Morgan fingerprint density at radius 1 is 1.37 bits per heavy atom. The number of ether oxygens (including phenoxy) is 1. The van der Waals surface area contributed by atoms with E-state index in [1.54, 1.807) is 10.9 Å². The number of piperidine rings is 1. The lowest BCUT2D eigenvalue weighted by Crippen LogP contribution is -2.37. The highest BCUT2D eigenvalue weighted by atomic mass is 35.5. The van der Waals surface area contributed by atoms with Crippen LogP contribution in [0.2, 0.25) is 5.02 Å².